The first-order valence-electron chi connectivity index (χ1n) is 7.25. The van der Waals surface area contributed by atoms with Crippen LogP contribution in [0.3, 0.4) is 0 Å². The third kappa shape index (κ3) is 2.32. The Morgan fingerprint density at radius 2 is 2.23 bits per heavy atom. The Morgan fingerprint density at radius 3 is 2.95 bits per heavy atom. The number of carbonyl (C=O) groups is 2. The van der Waals surface area contributed by atoms with Gasteiger partial charge in [-0.1, -0.05) is 5.16 Å². The highest BCUT2D eigenvalue weighted by molar-refractivity contribution is 5.97. The van der Waals surface area contributed by atoms with Crippen LogP contribution in [0.4, 0.5) is 0 Å². The largest absolute Gasteiger partial charge is 0.481 e. The van der Waals surface area contributed by atoms with Gasteiger partial charge in [0.25, 0.3) is 11.6 Å². The lowest BCUT2D eigenvalue weighted by molar-refractivity contribution is -0.144. The van der Waals surface area contributed by atoms with E-state index >= 15 is 0 Å². The first-order valence-corrected chi connectivity index (χ1v) is 7.25. The predicted molar refractivity (Wildman–Crippen MR) is 77.4 cm³/mol. The zero-order valence-corrected chi connectivity index (χ0v) is 12.4. The summed E-state index contributed by atoms with van der Waals surface area (Å²) in [5.74, 6) is -1.58. The number of aromatic nitrogens is 2. The molecule has 7 nitrogen and oxygen atoms in total. The van der Waals surface area contributed by atoms with Crippen molar-refractivity contribution in [3.63, 3.8) is 0 Å². The second-order valence-corrected chi connectivity index (χ2v) is 5.67. The van der Waals surface area contributed by atoms with Crippen LogP contribution in [0.2, 0.25) is 0 Å². The second kappa shape index (κ2) is 5.40. The van der Waals surface area contributed by atoms with E-state index in [1.54, 1.807) is 24.8 Å². The van der Waals surface area contributed by atoms with E-state index in [4.69, 9.17) is 4.52 Å². The SMILES string of the molecule is Cc1noc2ncc(C(=O)N3CCC[C@@H](C(=O)O)[C@H]3C)cc12. The van der Waals surface area contributed by atoms with Gasteiger partial charge in [0.1, 0.15) is 0 Å². The maximum atomic E-state index is 12.7. The number of carbonyl (C=O) groups excluding carboxylic acids is 1. The Balaban J connectivity index is 1.91. The molecule has 3 heterocycles. The summed E-state index contributed by atoms with van der Waals surface area (Å²) < 4.78 is 5.03. The Morgan fingerprint density at radius 1 is 1.45 bits per heavy atom. The van der Waals surface area contributed by atoms with Gasteiger partial charge in [0.15, 0.2) is 0 Å². The lowest BCUT2D eigenvalue weighted by Crippen LogP contribution is -2.49. The minimum Gasteiger partial charge on any atom is -0.481 e. The van der Waals surface area contributed by atoms with E-state index in [9.17, 15) is 14.7 Å². The topological polar surface area (TPSA) is 96.5 Å². The third-order valence-corrected chi connectivity index (χ3v) is 4.32. The van der Waals surface area contributed by atoms with Crippen LogP contribution in [0.15, 0.2) is 16.8 Å². The van der Waals surface area contributed by atoms with Gasteiger partial charge in [-0.3, -0.25) is 9.59 Å². The molecule has 0 aliphatic carbocycles. The summed E-state index contributed by atoms with van der Waals surface area (Å²) in [6.07, 6.45) is 2.74. The van der Waals surface area contributed by atoms with Crippen LogP contribution >= 0.6 is 0 Å². The van der Waals surface area contributed by atoms with E-state index in [-0.39, 0.29) is 11.9 Å². The molecule has 0 unspecified atom stereocenters. The Bertz CT molecular complexity index is 739. The fourth-order valence-corrected chi connectivity index (χ4v) is 2.99. The van der Waals surface area contributed by atoms with Crippen LogP contribution in [0.25, 0.3) is 11.1 Å². The molecule has 2 aromatic rings. The van der Waals surface area contributed by atoms with Crippen LogP contribution < -0.4 is 0 Å². The molecule has 1 aliphatic rings. The molecule has 0 radical (unpaired) electrons. The number of nitrogens with zero attached hydrogens (tertiary/aromatic N) is 3. The van der Waals surface area contributed by atoms with Gasteiger partial charge in [-0.2, -0.15) is 0 Å². The van der Waals surface area contributed by atoms with Crippen molar-refractivity contribution in [2.24, 2.45) is 5.92 Å². The van der Waals surface area contributed by atoms with E-state index < -0.39 is 11.9 Å². The minimum atomic E-state index is -0.853. The van der Waals surface area contributed by atoms with Crippen LogP contribution in [0.1, 0.15) is 35.8 Å². The number of rotatable bonds is 2. The maximum absolute atomic E-state index is 12.7. The molecule has 0 aromatic carbocycles. The molecule has 3 rings (SSSR count). The standard InChI is InChI=1S/C15H17N3O4/c1-8-12-6-10(7-16-13(12)22-17-8)14(19)18-5-3-4-11(9(18)2)15(20)21/h6-7,9,11H,3-5H2,1-2H3,(H,20,21)/t9-,11-/m1/s1. The number of hydrogen-bond donors (Lipinski definition) is 1. The lowest BCUT2D eigenvalue weighted by Gasteiger charge is -2.37. The molecule has 22 heavy (non-hydrogen) atoms. The number of amides is 1. The maximum Gasteiger partial charge on any atom is 0.308 e. The smallest absolute Gasteiger partial charge is 0.308 e. The van der Waals surface area contributed by atoms with Gasteiger partial charge in [0.2, 0.25) is 0 Å². The molecule has 0 spiro atoms. The highest BCUT2D eigenvalue weighted by Gasteiger charge is 2.35. The normalized spacial score (nSPS) is 22.0. The second-order valence-electron chi connectivity index (χ2n) is 5.67. The molecule has 7 heteroatoms. The molecule has 1 fully saturated rings. The van der Waals surface area contributed by atoms with Gasteiger partial charge in [-0.15, -0.1) is 0 Å². The van der Waals surface area contributed by atoms with Gasteiger partial charge in [-0.05, 0) is 32.8 Å². The first kappa shape index (κ1) is 14.5. The average molecular weight is 303 g/mol. The minimum absolute atomic E-state index is 0.201. The third-order valence-electron chi connectivity index (χ3n) is 4.32. The number of pyridine rings is 1. The molecule has 1 N–H and O–H groups in total. The van der Waals surface area contributed by atoms with Crippen molar-refractivity contribution in [2.45, 2.75) is 32.7 Å². The van der Waals surface area contributed by atoms with E-state index in [1.807, 2.05) is 0 Å². The molecule has 1 aliphatic heterocycles. The molecule has 2 atom stereocenters. The van der Waals surface area contributed by atoms with Crippen molar-refractivity contribution in [3.05, 3.63) is 23.5 Å². The average Bonchev–Trinajstić information content (AvgIpc) is 2.87. The lowest BCUT2D eigenvalue weighted by atomic mass is 9.90. The Labute approximate surface area is 126 Å². The summed E-state index contributed by atoms with van der Waals surface area (Å²) in [4.78, 5) is 29.7. The summed E-state index contributed by atoms with van der Waals surface area (Å²) in [5.41, 5.74) is 1.49. The fourth-order valence-electron chi connectivity index (χ4n) is 2.99. The summed E-state index contributed by atoms with van der Waals surface area (Å²) in [6.45, 7) is 4.13. The highest BCUT2D eigenvalue weighted by atomic mass is 16.5. The van der Waals surface area contributed by atoms with E-state index in [2.05, 4.69) is 10.1 Å². The summed E-state index contributed by atoms with van der Waals surface area (Å²) in [5, 5.41) is 13.8. The summed E-state index contributed by atoms with van der Waals surface area (Å²) in [7, 11) is 0. The van der Waals surface area contributed by atoms with E-state index in [0.29, 0.717) is 41.7 Å². The Hall–Kier alpha value is -2.44. The molecular formula is C15H17N3O4. The predicted octanol–water partition coefficient (Wildman–Crippen LogP) is 1.86. The van der Waals surface area contributed by atoms with Crippen molar-refractivity contribution in [1.29, 1.82) is 0 Å². The van der Waals surface area contributed by atoms with Gasteiger partial charge in [0, 0.05) is 18.8 Å². The van der Waals surface area contributed by atoms with Gasteiger partial charge in [0.05, 0.1) is 22.6 Å². The number of aryl methyl sites for hydroxylation is 1. The van der Waals surface area contributed by atoms with Crippen LogP contribution in [0.5, 0.6) is 0 Å². The van der Waals surface area contributed by atoms with Crippen molar-refractivity contribution in [1.82, 2.24) is 15.0 Å². The first-order chi connectivity index (χ1) is 10.5. The van der Waals surface area contributed by atoms with Crippen LogP contribution in [0, 0.1) is 12.8 Å². The quantitative estimate of drug-likeness (QED) is 0.909. The monoisotopic (exact) mass is 303 g/mol. The Kier molecular flexibility index (Phi) is 3.56. The number of likely N-dealkylation sites (tertiary alicyclic amines) is 1. The van der Waals surface area contributed by atoms with Crippen molar-refractivity contribution in [3.8, 4) is 0 Å². The highest BCUT2D eigenvalue weighted by Crippen LogP contribution is 2.26. The number of hydrogen-bond acceptors (Lipinski definition) is 5. The van der Waals surface area contributed by atoms with Crippen molar-refractivity contribution in [2.75, 3.05) is 6.54 Å². The molecule has 0 saturated carbocycles. The fraction of sp³-hybridized carbons (Fsp3) is 0.467. The number of fused-ring (bicyclic) bond motifs is 1. The number of carboxylic acid groups (broad SMARTS) is 1. The van der Waals surface area contributed by atoms with Crippen molar-refractivity contribution < 1.29 is 19.2 Å². The molecule has 0 bridgehead atoms. The van der Waals surface area contributed by atoms with Gasteiger partial charge < -0.3 is 14.5 Å². The van der Waals surface area contributed by atoms with E-state index in [1.165, 1.54) is 6.20 Å². The zero-order chi connectivity index (χ0) is 15.9. The van der Waals surface area contributed by atoms with E-state index in [0.717, 1.165) is 0 Å². The molecule has 1 saturated heterocycles. The van der Waals surface area contributed by atoms with Crippen molar-refractivity contribution >= 4 is 23.0 Å². The van der Waals surface area contributed by atoms with Crippen LogP contribution in [-0.2, 0) is 4.79 Å². The number of carboxylic acids is 1. The van der Waals surface area contributed by atoms with Gasteiger partial charge in [-0.25, -0.2) is 4.98 Å². The molecule has 116 valence electrons. The number of aliphatic carboxylic acids is 1. The molecule has 2 aromatic heterocycles. The number of piperidine rings is 1. The molecular weight excluding hydrogens is 286 g/mol. The molecule has 1 amide bonds. The summed E-state index contributed by atoms with van der Waals surface area (Å²) in [6, 6.07) is 1.37. The summed E-state index contributed by atoms with van der Waals surface area (Å²) >= 11 is 0. The van der Waals surface area contributed by atoms with Crippen LogP contribution in [-0.4, -0.2) is 44.6 Å². The zero-order valence-electron chi connectivity index (χ0n) is 12.4. The van der Waals surface area contributed by atoms with Gasteiger partial charge >= 0.3 is 5.97 Å².